The highest BCUT2D eigenvalue weighted by atomic mass is 16.5. The van der Waals surface area contributed by atoms with Gasteiger partial charge >= 0.3 is 0 Å². The minimum Gasteiger partial charge on any atom is -0.400 e. The van der Waals surface area contributed by atoms with Crippen molar-refractivity contribution in [1.82, 2.24) is 10.6 Å². The zero-order chi connectivity index (χ0) is 18.3. The SMILES string of the molecule is CCC[C@H](NCC1CCOCC1)C(=O)NCCC1CCCCC1.CO.[HH]. The van der Waals surface area contributed by atoms with Crippen LogP contribution in [0.4, 0.5) is 0 Å². The summed E-state index contributed by atoms with van der Waals surface area (Å²) in [4.78, 5) is 12.4. The molecule has 1 aliphatic carbocycles. The van der Waals surface area contributed by atoms with E-state index in [-0.39, 0.29) is 13.4 Å². The molecule has 1 heterocycles. The van der Waals surface area contributed by atoms with Gasteiger partial charge in [-0.05, 0) is 44.1 Å². The Labute approximate surface area is 155 Å². The number of rotatable bonds is 9. The number of hydrogen-bond acceptors (Lipinski definition) is 4. The molecule has 5 heteroatoms. The van der Waals surface area contributed by atoms with E-state index in [1.54, 1.807) is 0 Å². The smallest absolute Gasteiger partial charge is 0.237 e. The lowest BCUT2D eigenvalue weighted by molar-refractivity contribution is -0.123. The lowest BCUT2D eigenvalue weighted by Crippen LogP contribution is -2.46. The van der Waals surface area contributed by atoms with Gasteiger partial charge in [-0.2, -0.15) is 0 Å². The number of ether oxygens (including phenoxy) is 1. The summed E-state index contributed by atoms with van der Waals surface area (Å²) >= 11 is 0. The molecule has 1 aliphatic heterocycles. The average Bonchev–Trinajstić information content (AvgIpc) is 2.68. The summed E-state index contributed by atoms with van der Waals surface area (Å²) in [5.41, 5.74) is 0. The number of carbonyl (C=O) groups is 1. The van der Waals surface area contributed by atoms with Gasteiger partial charge in [0.2, 0.25) is 5.91 Å². The molecule has 5 nitrogen and oxygen atoms in total. The number of nitrogens with one attached hydrogen (secondary N) is 2. The van der Waals surface area contributed by atoms with Crippen LogP contribution in [0, 0.1) is 11.8 Å². The van der Waals surface area contributed by atoms with E-state index < -0.39 is 0 Å². The van der Waals surface area contributed by atoms with E-state index >= 15 is 0 Å². The highest BCUT2D eigenvalue weighted by Gasteiger charge is 2.20. The first kappa shape index (κ1) is 22.4. The second-order valence-corrected chi connectivity index (χ2v) is 7.39. The Morgan fingerprint density at radius 1 is 1.12 bits per heavy atom. The number of aliphatic hydroxyl groups is 1. The molecule has 0 spiro atoms. The maximum Gasteiger partial charge on any atom is 0.237 e. The van der Waals surface area contributed by atoms with Crippen molar-refractivity contribution in [3.05, 3.63) is 0 Å². The van der Waals surface area contributed by atoms with E-state index in [9.17, 15) is 4.79 Å². The van der Waals surface area contributed by atoms with E-state index in [0.29, 0.717) is 5.92 Å². The van der Waals surface area contributed by atoms with Crippen LogP contribution in [0.3, 0.4) is 0 Å². The van der Waals surface area contributed by atoms with Crippen molar-refractivity contribution in [3.8, 4) is 0 Å². The number of hydrogen-bond donors (Lipinski definition) is 3. The summed E-state index contributed by atoms with van der Waals surface area (Å²) < 4.78 is 5.41. The van der Waals surface area contributed by atoms with Crippen molar-refractivity contribution < 1.29 is 16.1 Å². The Kier molecular flexibility index (Phi) is 13.0. The molecule has 150 valence electrons. The highest BCUT2D eigenvalue weighted by Crippen LogP contribution is 2.25. The van der Waals surface area contributed by atoms with Crippen molar-refractivity contribution in [2.24, 2.45) is 11.8 Å². The van der Waals surface area contributed by atoms with E-state index in [1.165, 1.54) is 32.1 Å². The van der Waals surface area contributed by atoms with E-state index in [2.05, 4.69) is 17.6 Å². The van der Waals surface area contributed by atoms with Crippen LogP contribution in [0.2, 0.25) is 0 Å². The molecule has 1 atom stereocenters. The molecule has 2 rings (SSSR count). The van der Waals surface area contributed by atoms with Gasteiger partial charge in [-0.1, -0.05) is 45.4 Å². The second kappa shape index (κ2) is 14.5. The molecule has 0 bridgehead atoms. The molecule has 1 amide bonds. The maximum atomic E-state index is 12.4. The van der Waals surface area contributed by atoms with Crippen LogP contribution in [0.25, 0.3) is 0 Å². The van der Waals surface area contributed by atoms with Crippen molar-refractivity contribution in [2.75, 3.05) is 33.4 Å². The Morgan fingerprint density at radius 2 is 1.80 bits per heavy atom. The van der Waals surface area contributed by atoms with Gasteiger partial charge in [0.15, 0.2) is 0 Å². The third kappa shape index (κ3) is 9.57. The molecular weight excluding hydrogens is 316 g/mol. The third-order valence-electron chi connectivity index (χ3n) is 5.46. The molecule has 1 saturated heterocycles. The zero-order valence-electron chi connectivity index (χ0n) is 16.4. The van der Waals surface area contributed by atoms with E-state index in [4.69, 9.17) is 9.84 Å². The van der Waals surface area contributed by atoms with Crippen molar-refractivity contribution in [3.63, 3.8) is 0 Å². The first-order chi connectivity index (χ1) is 12.3. The zero-order valence-corrected chi connectivity index (χ0v) is 16.4. The van der Waals surface area contributed by atoms with Crippen molar-refractivity contribution in [1.29, 1.82) is 0 Å². The molecular formula is C20H42N2O3. The first-order valence-corrected chi connectivity index (χ1v) is 10.3. The fraction of sp³-hybridized carbons (Fsp3) is 0.950. The third-order valence-corrected chi connectivity index (χ3v) is 5.46. The number of aliphatic hydroxyl groups excluding tert-OH is 1. The van der Waals surface area contributed by atoms with E-state index in [0.717, 1.165) is 71.4 Å². The average molecular weight is 359 g/mol. The topological polar surface area (TPSA) is 70.6 Å². The summed E-state index contributed by atoms with van der Waals surface area (Å²) in [6.07, 6.45) is 12.2. The van der Waals surface area contributed by atoms with Crippen LogP contribution in [0.15, 0.2) is 0 Å². The van der Waals surface area contributed by atoms with Crippen LogP contribution < -0.4 is 10.6 Å². The monoisotopic (exact) mass is 358 g/mol. The van der Waals surface area contributed by atoms with Gasteiger partial charge in [-0.15, -0.1) is 0 Å². The largest absolute Gasteiger partial charge is 0.400 e. The lowest BCUT2D eigenvalue weighted by Gasteiger charge is -2.26. The van der Waals surface area contributed by atoms with Crippen LogP contribution in [0.5, 0.6) is 0 Å². The fourth-order valence-electron chi connectivity index (χ4n) is 3.87. The quantitative estimate of drug-likeness (QED) is 0.592. The second-order valence-electron chi connectivity index (χ2n) is 7.39. The molecule has 2 aliphatic rings. The summed E-state index contributed by atoms with van der Waals surface area (Å²) in [6, 6.07) is -0.0193. The summed E-state index contributed by atoms with van der Waals surface area (Å²) in [5, 5.41) is 13.7. The Morgan fingerprint density at radius 3 is 2.44 bits per heavy atom. The van der Waals surface area contributed by atoms with Crippen LogP contribution in [0.1, 0.15) is 72.6 Å². The lowest BCUT2D eigenvalue weighted by atomic mass is 9.87. The first-order valence-electron chi connectivity index (χ1n) is 10.3. The molecule has 3 N–H and O–H groups in total. The normalized spacial score (nSPS) is 20.4. The molecule has 25 heavy (non-hydrogen) atoms. The van der Waals surface area contributed by atoms with Gasteiger partial charge in [0.25, 0.3) is 0 Å². The van der Waals surface area contributed by atoms with E-state index in [1.807, 2.05) is 0 Å². The summed E-state index contributed by atoms with van der Waals surface area (Å²) in [7, 11) is 1.00. The summed E-state index contributed by atoms with van der Waals surface area (Å²) in [6.45, 7) is 5.70. The van der Waals surface area contributed by atoms with Crippen molar-refractivity contribution >= 4 is 5.91 Å². The highest BCUT2D eigenvalue weighted by molar-refractivity contribution is 5.81. The Balaban J connectivity index is 0.00000201. The Bertz CT molecular complexity index is 333. The van der Waals surface area contributed by atoms with Crippen LogP contribution in [-0.2, 0) is 9.53 Å². The van der Waals surface area contributed by atoms with Crippen molar-refractivity contribution in [2.45, 2.75) is 77.2 Å². The molecule has 2 fully saturated rings. The number of amides is 1. The van der Waals surface area contributed by atoms with Gasteiger partial charge in [0, 0.05) is 28.3 Å². The predicted molar refractivity (Wildman–Crippen MR) is 105 cm³/mol. The van der Waals surface area contributed by atoms with Gasteiger partial charge in [0.05, 0.1) is 6.04 Å². The van der Waals surface area contributed by atoms with Crippen LogP contribution in [-0.4, -0.2) is 50.5 Å². The molecule has 0 radical (unpaired) electrons. The maximum absolute atomic E-state index is 12.4. The minimum atomic E-state index is -0.0193. The van der Waals surface area contributed by atoms with Gasteiger partial charge in [-0.25, -0.2) is 0 Å². The standard InChI is InChI=1S/C19H36N2O2.CH4O.H2/c1-2-6-18(21-15-17-10-13-23-14-11-17)19(22)20-12-9-16-7-4-3-5-8-16;1-2;/h16-18,21H,2-15H2,1H3,(H,20,22);2H,1H3;1H/t18-;;/m0../s1. The molecule has 0 aromatic heterocycles. The fourth-order valence-corrected chi connectivity index (χ4v) is 3.87. The molecule has 0 aromatic carbocycles. The van der Waals surface area contributed by atoms with Crippen LogP contribution >= 0.6 is 0 Å². The molecule has 1 saturated carbocycles. The van der Waals surface area contributed by atoms with Gasteiger partial charge in [0.1, 0.15) is 0 Å². The Hall–Kier alpha value is -0.650. The van der Waals surface area contributed by atoms with Gasteiger partial charge in [-0.3, -0.25) is 4.79 Å². The molecule has 0 aromatic rings. The van der Waals surface area contributed by atoms with Gasteiger partial charge < -0.3 is 20.5 Å². The minimum absolute atomic E-state index is 0. The predicted octanol–water partition coefficient (Wildman–Crippen LogP) is 3.11. The molecule has 0 unspecified atom stereocenters. The summed E-state index contributed by atoms with van der Waals surface area (Å²) in [5.74, 6) is 1.71. The number of carbonyl (C=O) groups excluding carboxylic acids is 1.